The Bertz CT molecular complexity index is 1820. The number of H-pyrrole nitrogens is 2. The molecule has 0 aliphatic heterocycles. The predicted octanol–water partition coefficient (Wildman–Crippen LogP) is 2.33. The van der Waals surface area contributed by atoms with E-state index in [2.05, 4.69) is 9.97 Å². The molecule has 2 heterocycles. The number of sulfone groups is 1. The van der Waals surface area contributed by atoms with Crippen molar-refractivity contribution >= 4 is 63.6 Å². The molecule has 0 unspecified atom stereocenters. The van der Waals surface area contributed by atoms with Gasteiger partial charge in [0.15, 0.2) is 20.7 Å². The van der Waals surface area contributed by atoms with Gasteiger partial charge in [0.1, 0.15) is 0 Å². The van der Waals surface area contributed by atoms with Gasteiger partial charge in [0.25, 0.3) is 10.1 Å². The third kappa shape index (κ3) is 3.09. The van der Waals surface area contributed by atoms with Crippen molar-refractivity contribution in [3.8, 4) is 0 Å². The molecule has 162 valence electrons. The predicted molar refractivity (Wildman–Crippen MR) is 121 cm³/mol. The molecule has 0 aliphatic carbocycles. The number of hydrogen-bond donors (Lipinski definition) is 3. The van der Waals surface area contributed by atoms with Crippen molar-refractivity contribution in [3.63, 3.8) is 0 Å². The van der Waals surface area contributed by atoms with Crippen LogP contribution in [0.1, 0.15) is 0 Å². The van der Waals surface area contributed by atoms with Gasteiger partial charge in [0.2, 0.25) is 0 Å². The number of benzene rings is 3. The molecule has 0 radical (unpaired) electrons. The molecule has 9 nitrogen and oxygen atoms in total. The maximum absolute atomic E-state index is 13.1. The molecule has 2 aromatic heterocycles. The molecule has 0 saturated carbocycles. The van der Waals surface area contributed by atoms with Gasteiger partial charge in [-0.15, -0.1) is 0 Å². The highest BCUT2D eigenvalue weighted by atomic mass is 32.2. The summed E-state index contributed by atoms with van der Waals surface area (Å²) in [5.74, 6) is 0. The van der Waals surface area contributed by atoms with Crippen LogP contribution in [0.3, 0.4) is 0 Å². The second kappa shape index (κ2) is 6.48. The fourth-order valence-electron chi connectivity index (χ4n) is 3.79. The zero-order valence-corrected chi connectivity index (χ0v) is 18.0. The summed E-state index contributed by atoms with van der Waals surface area (Å²) in [5, 5.41) is 0.717. The summed E-state index contributed by atoms with van der Waals surface area (Å²) in [5.41, 5.74) is 0.556. The average molecular weight is 470 g/mol. The highest BCUT2D eigenvalue weighted by Gasteiger charge is 2.16. The van der Waals surface area contributed by atoms with Crippen molar-refractivity contribution in [1.82, 2.24) is 9.97 Å². The van der Waals surface area contributed by atoms with E-state index in [0.717, 1.165) is 18.4 Å². The fraction of sp³-hybridized carbons (Fsp3) is 0.0476. The first kappa shape index (κ1) is 20.4. The van der Waals surface area contributed by atoms with Crippen LogP contribution in [0.15, 0.2) is 67.9 Å². The molecule has 0 fully saturated rings. The first-order valence-electron chi connectivity index (χ1n) is 9.20. The molecule has 0 amide bonds. The van der Waals surface area contributed by atoms with Crippen molar-refractivity contribution in [1.29, 1.82) is 0 Å². The number of aromatic nitrogens is 2. The minimum atomic E-state index is -4.49. The summed E-state index contributed by atoms with van der Waals surface area (Å²) >= 11 is 0. The summed E-state index contributed by atoms with van der Waals surface area (Å²) in [6, 6.07) is 10.8. The minimum absolute atomic E-state index is 0.0182. The van der Waals surface area contributed by atoms with Crippen LogP contribution in [0.25, 0.3) is 43.6 Å². The lowest BCUT2D eigenvalue weighted by molar-refractivity contribution is 0.483. The van der Waals surface area contributed by atoms with E-state index in [4.69, 9.17) is 0 Å². The van der Waals surface area contributed by atoms with E-state index >= 15 is 0 Å². The number of pyridine rings is 2. The Hall–Kier alpha value is -3.54. The lowest BCUT2D eigenvalue weighted by atomic mass is 10.1. The third-order valence-corrected chi connectivity index (χ3v) is 7.34. The van der Waals surface area contributed by atoms with Crippen LogP contribution in [0, 0.1) is 0 Å². The van der Waals surface area contributed by atoms with Gasteiger partial charge in [-0.3, -0.25) is 14.1 Å². The first-order chi connectivity index (χ1) is 14.9. The third-order valence-electron chi connectivity index (χ3n) is 5.38. The summed E-state index contributed by atoms with van der Waals surface area (Å²) in [6.45, 7) is 0. The van der Waals surface area contributed by atoms with Crippen LogP contribution < -0.4 is 10.9 Å². The van der Waals surface area contributed by atoms with E-state index in [0.29, 0.717) is 22.1 Å². The Morgan fingerprint density at radius 1 is 0.625 bits per heavy atom. The Kier molecular flexibility index (Phi) is 4.13. The lowest BCUT2D eigenvalue weighted by Crippen LogP contribution is -2.09. The molecule has 11 heteroatoms. The normalized spacial score (nSPS) is 12.8. The van der Waals surface area contributed by atoms with Gasteiger partial charge in [0, 0.05) is 38.8 Å². The van der Waals surface area contributed by atoms with Crippen LogP contribution in [-0.2, 0) is 20.0 Å². The Labute approximate surface area is 180 Å². The summed E-state index contributed by atoms with van der Waals surface area (Å²) in [6.07, 6.45) is 1.06. The standard InChI is InChI=1S/C21H14N2O7S2/c1-31(26,27)10-2-4-16-12(6-10)20(24)14-8-19-15(9-18(14)22-16)21(25)13-7-11(32(28,29)30)3-5-17(13)23-19/h2-9H,1H3,(H,22,24)(H,23,25)(H,28,29,30). The molecule has 5 aromatic rings. The average Bonchev–Trinajstić information content (AvgIpc) is 2.71. The van der Waals surface area contributed by atoms with E-state index in [1.54, 1.807) is 0 Å². The Morgan fingerprint density at radius 2 is 1.03 bits per heavy atom. The van der Waals surface area contributed by atoms with Gasteiger partial charge in [-0.25, -0.2) is 8.42 Å². The van der Waals surface area contributed by atoms with Crippen molar-refractivity contribution in [2.75, 3.05) is 6.26 Å². The molecule has 0 spiro atoms. The SMILES string of the molecule is CS(=O)(=O)c1ccc2[nH]c3cc4c(=O)c5cc(S(=O)(=O)O)ccc5[nH]c4cc3c(=O)c2c1. The highest BCUT2D eigenvalue weighted by molar-refractivity contribution is 7.90. The number of fused-ring (bicyclic) bond motifs is 4. The molecule has 5 rings (SSSR count). The van der Waals surface area contributed by atoms with Crippen LogP contribution in [0.5, 0.6) is 0 Å². The van der Waals surface area contributed by atoms with E-state index < -0.39 is 35.7 Å². The van der Waals surface area contributed by atoms with Gasteiger partial charge in [-0.2, -0.15) is 8.42 Å². The van der Waals surface area contributed by atoms with Crippen LogP contribution in [0.2, 0.25) is 0 Å². The molecule has 0 saturated heterocycles. The molecule has 0 atom stereocenters. The van der Waals surface area contributed by atoms with E-state index in [1.807, 2.05) is 0 Å². The minimum Gasteiger partial charge on any atom is -0.354 e. The van der Waals surface area contributed by atoms with Crippen molar-refractivity contribution in [2.24, 2.45) is 0 Å². The largest absolute Gasteiger partial charge is 0.354 e. The summed E-state index contributed by atoms with van der Waals surface area (Å²) < 4.78 is 55.9. The van der Waals surface area contributed by atoms with Crippen LogP contribution in [-0.4, -0.2) is 37.6 Å². The molecule has 3 aromatic carbocycles. The zero-order valence-electron chi connectivity index (χ0n) is 16.3. The van der Waals surface area contributed by atoms with E-state index in [-0.39, 0.29) is 26.4 Å². The van der Waals surface area contributed by atoms with E-state index in [9.17, 15) is 31.0 Å². The first-order valence-corrected chi connectivity index (χ1v) is 12.5. The van der Waals surface area contributed by atoms with Crippen LogP contribution >= 0.6 is 0 Å². The Balaban J connectivity index is 1.89. The van der Waals surface area contributed by atoms with Crippen molar-refractivity contribution in [2.45, 2.75) is 9.79 Å². The number of rotatable bonds is 2. The maximum Gasteiger partial charge on any atom is 0.294 e. The molecule has 3 N–H and O–H groups in total. The Morgan fingerprint density at radius 3 is 1.47 bits per heavy atom. The van der Waals surface area contributed by atoms with Crippen molar-refractivity contribution < 1.29 is 21.4 Å². The van der Waals surface area contributed by atoms with Gasteiger partial charge in [-0.1, -0.05) is 0 Å². The van der Waals surface area contributed by atoms with Crippen LogP contribution in [0.4, 0.5) is 0 Å². The fourth-order valence-corrected chi connectivity index (χ4v) is 4.95. The molecule has 0 bridgehead atoms. The quantitative estimate of drug-likeness (QED) is 0.264. The zero-order chi connectivity index (χ0) is 23.0. The summed E-state index contributed by atoms with van der Waals surface area (Å²) in [4.78, 5) is 31.8. The monoisotopic (exact) mass is 470 g/mol. The second-order valence-electron chi connectivity index (χ2n) is 7.51. The highest BCUT2D eigenvalue weighted by Crippen LogP contribution is 2.24. The topological polar surface area (TPSA) is 154 Å². The van der Waals surface area contributed by atoms with Gasteiger partial charge in [-0.05, 0) is 48.5 Å². The molecular weight excluding hydrogens is 456 g/mol. The lowest BCUT2D eigenvalue weighted by Gasteiger charge is -2.08. The number of hydrogen-bond acceptors (Lipinski definition) is 6. The van der Waals surface area contributed by atoms with Gasteiger partial charge < -0.3 is 9.97 Å². The van der Waals surface area contributed by atoms with Crippen molar-refractivity contribution in [3.05, 3.63) is 69.0 Å². The molecular formula is C21H14N2O7S2. The van der Waals surface area contributed by atoms with E-state index in [1.165, 1.54) is 36.4 Å². The molecule has 32 heavy (non-hydrogen) atoms. The number of aromatic amines is 2. The number of nitrogens with one attached hydrogen (secondary N) is 2. The van der Waals surface area contributed by atoms with Gasteiger partial charge >= 0.3 is 0 Å². The second-order valence-corrected chi connectivity index (χ2v) is 11.0. The smallest absolute Gasteiger partial charge is 0.294 e. The summed E-state index contributed by atoms with van der Waals surface area (Å²) in [7, 11) is -7.99. The molecule has 0 aliphatic rings. The maximum atomic E-state index is 13.1. The van der Waals surface area contributed by atoms with Gasteiger partial charge in [0.05, 0.1) is 20.8 Å².